The minimum atomic E-state index is -0.223. The summed E-state index contributed by atoms with van der Waals surface area (Å²) in [6.45, 7) is 0. The number of phenols is 1. The lowest BCUT2D eigenvalue weighted by Crippen LogP contribution is -2.19. The second-order valence-electron chi connectivity index (χ2n) is 4.53. The van der Waals surface area contributed by atoms with E-state index in [1.54, 1.807) is 36.4 Å². The van der Waals surface area contributed by atoms with Gasteiger partial charge >= 0.3 is 0 Å². The summed E-state index contributed by atoms with van der Waals surface area (Å²) < 4.78 is 0. The van der Waals surface area contributed by atoms with Gasteiger partial charge in [0, 0.05) is 0 Å². The van der Waals surface area contributed by atoms with Crippen LogP contribution in [0, 0.1) is 0 Å². The molecule has 1 amide bonds. The maximum atomic E-state index is 12.0. The fraction of sp³-hybridized carbons (Fsp3) is 0. The highest BCUT2D eigenvalue weighted by Crippen LogP contribution is 2.30. The number of nitrogens with one attached hydrogen (secondary N) is 1. The van der Waals surface area contributed by atoms with Crippen molar-refractivity contribution in [1.82, 2.24) is 5.32 Å². The van der Waals surface area contributed by atoms with Gasteiger partial charge in [-0.1, -0.05) is 35.9 Å². The Bertz CT molecular complexity index is 802. The number of para-hydroxylation sites is 1. The molecule has 0 unspecified atom stereocenters. The molecular weight excluding hydrogens is 320 g/mol. The Morgan fingerprint density at radius 1 is 1.18 bits per heavy atom. The molecule has 1 aliphatic rings. The summed E-state index contributed by atoms with van der Waals surface area (Å²) in [4.78, 5) is 16.8. The number of rotatable bonds is 2. The van der Waals surface area contributed by atoms with E-state index >= 15 is 0 Å². The Labute approximate surface area is 136 Å². The van der Waals surface area contributed by atoms with Crippen molar-refractivity contribution in [2.45, 2.75) is 0 Å². The molecule has 0 bridgehead atoms. The monoisotopic (exact) mass is 330 g/mol. The summed E-state index contributed by atoms with van der Waals surface area (Å²) in [5.41, 5.74) is 1.35. The molecule has 0 aromatic heterocycles. The maximum absolute atomic E-state index is 12.0. The zero-order valence-electron chi connectivity index (χ0n) is 11.3. The predicted molar refractivity (Wildman–Crippen MR) is 90.4 cm³/mol. The smallest absolute Gasteiger partial charge is 0.264 e. The number of hydrogen-bond acceptors (Lipinski definition) is 4. The molecule has 4 nitrogen and oxygen atoms in total. The molecule has 3 rings (SSSR count). The SMILES string of the molecule is O=C1NC(=Nc2ccccc2Cl)S/C1=C/c1cccc(O)c1. The summed E-state index contributed by atoms with van der Waals surface area (Å²) in [7, 11) is 0. The van der Waals surface area contributed by atoms with Crippen LogP contribution in [0.25, 0.3) is 6.08 Å². The van der Waals surface area contributed by atoms with Crippen molar-refractivity contribution in [2.75, 3.05) is 0 Å². The zero-order valence-corrected chi connectivity index (χ0v) is 12.9. The van der Waals surface area contributed by atoms with Crippen LogP contribution in [0.15, 0.2) is 58.4 Å². The van der Waals surface area contributed by atoms with E-state index in [0.717, 1.165) is 5.56 Å². The van der Waals surface area contributed by atoms with Gasteiger partial charge in [0.05, 0.1) is 15.6 Å². The average molecular weight is 331 g/mol. The van der Waals surface area contributed by atoms with Gasteiger partial charge in [0.25, 0.3) is 5.91 Å². The Morgan fingerprint density at radius 3 is 2.77 bits per heavy atom. The summed E-state index contributed by atoms with van der Waals surface area (Å²) >= 11 is 7.28. The van der Waals surface area contributed by atoms with Gasteiger partial charge in [-0.2, -0.15) is 0 Å². The number of halogens is 1. The van der Waals surface area contributed by atoms with Crippen LogP contribution in [-0.2, 0) is 4.79 Å². The molecule has 1 aliphatic heterocycles. The number of amides is 1. The third kappa shape index (κ3) is 3.32. The third-order valence-corrected chi connectivity index (χ3v) is 4.12. The lowest BCUT2D eigenvalue weighted by molar-refractivity contribution is -0.115. The highest BCUT2D eigenvalue weighted by molar-refractivity contribution is 8.18. The van der Waals surface area contributed by atoms with E-state index in [1.807, 2.05) is 18.2 Å². The highest BCUT2D eigenvalue weighted by atomic mass is 35.5. The minimum Gasteiger partial charge on any atom is -0.508 e. The molecule has 6 heteroatoms. The van der Waals surface area contributed by atoms with Gasteiger partial charge in [0.15, 0.2) is 5.17 Å². The number of thioether (sulfide) groups is 1. The number of carbonyl (C=O) groups is 1. The molecule has 0 radical (unpaired) electrons. The molecule has 0 aliphatic carbocycles. The molecule has 1 heterocycles. The number of nitrogens with zero attached hydrogens (tertiary/aromatic N) is 1. The lowest BCUT2D eigenvalue weighted by Gasteiger charge is -1.98. The van der Waals surface area contributed by atoms with Gasteiger partial charge in [-0.05, 0) is 47.7 Å². The molecule has 1 fully saturated rings. The first-order chi connectivity index (χ1) is 10.6. The van der Waals surface area contributed by atoms with Crippen molar-refractivity contribution in [2.24, 2.45) is 4.99 Å². The van der Waals surface area contributed by atoms with E-state index < -0.39 is 0 Å². The van der Waals surface area contributed by atoms with Crippen molar-refractivity contribution < 1.29 is 9.90 Å². The van der Waals surface area contributed by atoms with Crippen molar-refractivity contribution in [3.05, 3.63) is 64.0 Å². The topological polar surface area (TPSA) is 61.7 Å². The van der Waals surface area contributed by atoms with E-state index in [-0.39, 0.29) is 11.7 Å². The predicted octanol–water partition coefficient (Wildman–Crippen LogP) is 3.94. The third-order valence-electron chi connectivity index (χ3n) is 2.89. The maximum Gasteiger partial charge on any atom is 0.264 e. The van der Waals surface area contributed by atoms with E-state index in [0.29, 0.717) is 20.8 Å². The number of carbonyl (C=O) groups excluding carboxylic acids is 1. The molecular formula is C16H11ClN2O2S. The Balaban J connectivity index is 1.86. The number of aromatic hydroxyl groups is 1. The van der Waals surface area contributed by atoms with Gasteiger partial charge in [-0.3, -0.25) is 4.79 Å². The van der Waals surface area contributed by atoms with Gasteiger partial charge in [-0.15, -0.1) is 0 Å². The van der Waals surface area contributed by atoms with Crippen molar-refractivity contribution in [3.63, 3.8) is 0 Å². The van der Waals surface area contributed by atoms with Gasteiger partial charge in [0.2, 0.25) is 0 Å². The molecule has 0 atom stereocenters. The molecule has 0 saturated carbocycles. The Morgan fingerprint density at radius 2 is 2.00 bits per heavy atom. The van der Waals surface area contributed by atoms with Crippen molar-refractivity contribution in [3.8, 4) is 5.75 Å². The van der Waals surface area contributed by atoms with Gasteiger partial charge in [0.1, 0.15) is 5.75 Å². The molecule has 2 aromatic rings. The number of hydrogen-bond donors (Lipinski definition) is 2. The summed E-state index contributed by atoms with van der Waals surface area (Å²) in [6, 6.07) is 13.9. The van der Waals surface area contributed by atoms with E-state index in [2.05, 4.69) is 10.3 Å². The van der Waals surface area contributed by atoms with Crippen LogP contribution in [0.4, 0.5) is 5.69 Å². The first-order valence-electron chi connectivity index (χ1n) is 6.45. The van der Waals surface area contributed by atoms with Crippen LogP contribution in [0.2, 0.25) is 5.02 Å². The van der Waals surface area contributed by atoms with Gasteiger partial charge < -0.3 is 10.4 Å². The first-order valence-corrected chi connectivity index (χ1v) is 7.64. The van der Waals surface area contributed by atoms with Crippen LogP contribution >= 0.6 is 23.4 Å². The van der Waals surface area contributed by atoms with Crippen LogP contribution in [0.5, 0.6) is 5.75 Å². The van der Waals surface area contributed by atoms with Crippen LogP contribution in [-0.4, -0.2) is 16.2 Å². The van der Waals surface area contributed by atoms with Crippen LogP contribution < -0.4 is 5.32 Å². The Kier molecular flexibility index (Phi) is 4.18. The molecule has 0 spiro atoms. The number of phenolic OH excluding ortho intramolecular Hbond substituents is 1. The molecule has 2 aromatic carbocycles. The first kappa shape index (κ1) is 14.7. The second kappa shape index (κ2) is 6.25. The lowest BCUT2D eigenvalue weighted by atomic mass is 10.2. The standard InChI is InChI=1S/C16H11ClN2O2S/c17-12-6-1-2-7-13(12)18-16-19-15(21)14(22-16)9-10-4-3-5-11(20)8-10/h1-9,20H,(H,18,19,21)/b14-9+. The fourth-order valence-electron chi connectivity index (χ4n) is 1.90. The summed E-state index contributed by atoms with van der Waals surface area (Å²) in [5, 5.41) is 13.2. The molecule has 2 N–H and O–H groups in total. The number of benzene rings is 2. The summed E-state index contributed by atoms with van der Waals surface area (Å²) in [5.74, 6) is -0.0677. The second-order valence-corrected chi connectivity index (χ2v) is 5.97. The van der Waals surface area contributed by atoms with E-state index in [9.17, 15) is 9.90 Å². The highest BCUT2D eigenvalue weighted by Gasteiger charge is 2.24. The van der Waals surface area contributed by atoms with Crippen LogP contribution in [0.1, 0.15) is 5.56 Å². The van der Waals surface area contributed by atoms with Crippen molar-refractivity contribution >= 4 is 46.2 Å². The van der Waals surface area contributed by atoms with E-state index in [4.69, 9.17) is 11.6 Å². The van der Waals surface area contributed by atoms with E-state index in [1.165, 1.54) is 11.8 Å². The van der Waals surface area contributed by atoms with Gasteiger partial charge in [-0.25, -0.2) is 4.99 Å². The fourth-order valence-corrected chi connectivity index (χ4v) is 2.91. The summed E-state index contributed by atoms with van der Waals surface area (Å²) in [6.07, 6.45) is 1.70. The Hall–Kier alpha value is -2.24. The number of aliphatic imine (C=N–C) groups is 1. The molecule has 110 valence electrons. The minimum absolute atomic E-state index is 0.155. The van der Waals surface area contributed by atoms with Crippen molar-refractivity contribution in [1.29, 1.82) is 0 Å². The molecule has 1 saturated heterocycles. The quantitative estimate of drug-likeness (QED) is 0.820. The molecule has 22 heavy (non-hydrogen) atoms. The number of amidine groups is 1. The zero-order chi connectivity index (χ0) is 15.5. The normalized spacial score (nSPS) is 18.0. The largest absolute Gasteiger partial charge is 0.508 e. The van der Waals surface area contributed by atoms with Crippen LogP contribution in [0.3, 0.4) is 0 Å². The average Bonchev–Trinajstić information content (AvgIpc) is 2.81.